The number of hydrogen-bond donors (Lipinski definition) is 0. The molecule has 1 aromatic rings. The molecule has 3 rings (SSSR count). The lowest BCUT2D eigenvalue weighted by Gasteiger charge is -2.42. The highest BCUT2D eigenvalue weighted by Gasteiger charge is 2.33. The molecule has 1 amide bonds. The SMILES string of the molecule is CC(=O)Oc1cccc(C(=O)N(C2CCCCC2)C2CCCCC2)c1. The van der Waals surface area contributed by atoms with Crippen molar-refractivity contribution in [1.29, 1.82) is 0 Å². The van der Waals surface area contributed by atoms with Crippen LogP contribution in [0.1, 0.15) is 81.5 Å². The summed E-state index contributed by atoms with van der Waals surface area (Å²) in [6.07, 6.45) is 11.9. The zero-order valence-corrected chi connectivity index (χ0v) is 15.2. The molecule has 0 bridgehead atoms. The second-order valence-electron chi connectivity index (χ2n) is 7.42. The molecular weight excluding hydrogens is 314 g/mol. The Bertz CT molecular complexity index is 583. The van der Waals surface area contributed by atoms with Crippen LogP contribution in [0.5, 0.6) is 5.75 Å². The van der Waals surface area contributed by atoms with Gasteiger partial charge in [-0.1, -0.05) is 44.6 Å². The molecule has 0 N–H and O–H groups in total. The predicted molar refractivity (Wildman–Crippen MR) is 97.7 cm³/mol. The van der Waals surface area contributed by atoms with Crippen molar-refractivity contribution in [2.24, 2.45) is 0 Å². The first-order valence-corrected chi connectivity index (χ1v) is 9.76. The lowest BCUT2D eigenvalue weighted by molar-refractivity contribution is -0.131. The van der Waals surface area contributed by atoms with E-state index in [1.165, 1.54) is 45.4 Å². The highest BCUT2D eigenvalue weighted by molar-refractivity contribution is 5.95. The van der Waals surface area contributed by atoms with Crippen molar-refractivity contribution in [2.75, 3.05) is 0 Å². The van der Waals surface area contributed by atoms with Gasteiger partial charge in [0.1, 0.15) is 5.75 Å². The van der Waals surface area contributed by atoms with E-state index in [2.05, 4.69) is 4.90 Å². The fraction of sp³-hybridized carbons (Fsp3) is 0.619. The third kappa shape index (κ3) is 4.62. The van der Waals surface area contributed by atoms with Crippen molar-refractivity contribution in [3.8, 4) is 5.75 Å². The van der Waals surface area contributed by atoms with Crippen LogP contribution >= 0.6 is 0 Å². The lowest BCUT2D eigenvalue weighted by atomic mass is 9.88. The monoisotopic (exact) mass is 343 g/mol. The third-order valence-corrected chi connectivity index (χ3v) is 5.51. The van der Waals surface area contributed by atoms with E-state index < -0.39 is 0 Å². The Hall–Kier alpha value is -1.84. The Morgan fingerprint density at radius 1 is 0.920 bits per heavy atom. The zero-order chi connectivity index (χ0) is 17.6. The van der Waals surface area contributed by atoms with E-state index in [0.717, 1.165) is 25.7 Å². The van der Waals surface area contributed by atoms with Crippen molar-refractivity contribution in [3.05, 3.63) is 29.8 Å². The molecule has 0 aliphatic heterocycles. The fourth-order valence-corrected chi connectivity index (χ4v) is 4.36. The van der Waals surface area contributed by atoms with Gasteiger partial charge in [0.25, 0.3) is 5.91 Å². The van der Waals surface area contributed by atoms with Crippen LogP contribution in [0.4, 0.5) is 0 Å². The van der Waals surface area contributed by atoms with Crippen molar-refractivity contribution < 1.29 is 14.3 Å². The minimum Gasteiger partial charge on any atom is -0.427 e. The van der Waals surface area contributed by atoms with E-state index in [1.807, 2.05) is 6.07 Å². The van der Waals surface area contributed by atoms with Gasteiger partial charge in [0.05, 0.1) is 0 Å². The van der Waals surface area contributed by atoms with Gasteiger partial charge in [0.15, 0.2) is 0 Å². The molecule has 0 heterocycles. The standard InChI is InChI=1S/C21H29NO3/c1-16(23)25-20-14-8-9-17(15-20)21(24)22(18-10-4-2-5-11-18)19-12-6-3-7-13-19/h8-9,14-15,18-19H,2-7,10-13H2,1H3. The first kappa shape index (κ1) is 18.0. The van der Waals surface area contributed by atoms with Crippen molar-refractivity contribution >= 4 is 11.9 Å². The molecule has 0 saturated heterocycles. The summed E-state index contributed by atoms with van der Waals surface area (Å²) in [5, 5.41) is 0. The van der Waals surface area contributed by atoms with Crippen molar-refractivity contribution in [3.63, 3.8) is 0 Å². The predicted octanol–water partition coefficient (Wildman–Crippen LogP) is 4.72. The van der Waals surface area contributed by atoms with Crippen LogP contribution < -0.4 is 4.74 Å². The minimum atomic E-state index is -0.360. The van der Waals surface area contributed by atoms with Crippen LogP contribution in [0, 0.1) is 0 Å². The Morgan fingerprint density at radius 3 is 2.00 bits per heavy atom. The quantitative estimate of drug-likeness (QED) is 0.587. The van der Waals surface area contributed by atoms with E-state index in [0.29, 0.717) is 23.4 Å². The summed E-state index contributed by atoms with van der Waals surface area (Å²) in [6, 6.07) is 7.80. The smallest absolute Gasteiger partial charge is 0.308 e. The number of benzene rings is 1. The number of rotatable bonds is 4. The van der Waals surface area contributed by atoms with Crippen molar-refractivity contribution in [1.82, 2.24) is 4.90 Å². The molecule has 0 aromatic heterocycles. The maximum Gasteiger partial charge on any atom is 0.308 e. The number of amides is 1. The van der Waals surface area contributed by atoms with E-state index in [-0.39, 0.29) is 11.9 Å². The van der Waals surface area contributed by atoms with Gasteiger partial charge in [0, 0.05) is 24.6 Å². The average molecular weight is 343 g/mol. The number of carbonyl (C=O) groups is 2. The van der Waals surface area contributed by atoms with Gasteiger partial charge in [-0.05, 0) is 43.9 Å². The van der Waals surface area contributed by atoms with Gasteiger partial charge < -0.3 is 9.64 Å². The van der Waals surface area contributed by atoms with Crippen LogP contribution in [-0.4, -0.2) is 28.9 Å². The van der Waals surface area contributed by atoms with Gasteiger partial charge in [-0.25, -0.2) is 0 Å². The molecule has 1 aromatic carbocycles. The summed E-state index contributed by atoms with van der Waals surface area (Å²) < 4.78 is 5.17. The second kappa shape index (κ2) is 8.50. The normalized spacial score (nSPS) is 19.4. The second-order valence-corrected chi connectivity index (χ2v) is 7.42. The molecule has 25 heavy (non-hydrogen) atoms. The number of hydrogen-bond acceptors (Lipinski definition) is 3. The molecule has 0 unspecified atom stereocenters. The summed E-state index contributed by atoms with van der Waals surface area (Å²) in [4.78, 5) is 26.8. The maximum atomic E-state index is 13.4. The molecule has 2 saturated carbocycles. The van der Waals surface area contributed by atoms with Gasteiger partial charge in [-0.15, -0.1) is 0 Å². The first-order valence-electron chi connectivity index (χ1n) is 9.76. The van der Waals surface area contributed by atoms with Crippen LogP contribution in [0.2, 0.25) is 0 Å². The molecule has 4 heteroatoms. The Morgan fingerprint density at radius 2 is 1.48 bits per heavy atom. The largest absolute Gasteiger partial charge is 0.427 e. The van der Waals surface area contributed by atoms with Crippen LogP contribution in [0.25, 0.3) is 0 Å². The Kier molecular flexibility index (Phi) is 6.11. The number of ether oxygens (including phenoxy) is 1. The van der Waals surface area contributed by atoms with E-state index in [4.69, 9.17) is 4.74 Å². The van der Waals surface area contributed by atoms with Crippen LogP contribution in [-0.2, 0) is 4.79 Å². The topological polar surface area (TPSA) is 46.6 Å². The number of esters is 1. The first-order chi connectivity index (χ1) is 12.1. The maximum absolute atomic E-state index is 13.4. The highest BCUT2D eigenvalue weighted by atomic mass is 16.5. The number of carbonyl (C=O) groups excluding carboxylic acids is 2. The highest BCUT2D eigenvalue weighted by Crippen LogP contribution is 2.32. The van der Waals surface area contributed by atoms with E-state index >= 15 is 0 Å². The van der Waals surface area contributed by atoms with E-state index in [1.54, 1.807) is 18.2 Å². The van der Waals surface area contributed by atoms with Gasteiger partial charge in [-0.2, -0.15) is 0 Å². The molecule has 0 spiro atoms. The third-order valence-electron chi connectivity index (χ3n) is 5.51. The van der Waals surface area contributed by atoms with Crippen molar-refractivity contribution in [2.45, 2.75) is 83.2 Å². The molecule has 136 valence electrons. The average Bonchev–Trinajstić information content (AvgIpc) is 2.63. The summed E-state index contributed by atoms with van der Waals surface area (Å²) in [5.74, 6) is 0.194. The number of nitrogens with zero attached hydrogens (tertiary/aromatic N) is 1. The zero-order valence-electron chi connectivity index (χ0n) is 15.2. The Labute approximate surface area is 150 Å². The molecular formula is C21H29NO3. The van der Waals surface area contributed by atoms with Crippen LogP contribution in [0.3, 0.4) is 0 Å². The van der Waals surface area contributed by atoms with Crippen LogP contribution in [0.15, 0.2) is 24.3 Å². The summed E-state index contributed by atoms with van der Waals surface area (Å²) >= 11 is 0. The molecule has 2 aliphatic carbocycles. The molecule has 0 radical (unpaired) electrons. The summed E-state index contributed by atoms with van der Waals surface area (Å²) in [7, 11) is 0. The lowest BCUT2D eigenvalue weighted by Crippen LogP contribution is -2.48. The van der Waals surface area contributed by atoms with Gasteiger partial charge in [-0.3, -0.25) is 9.59 Å². The minimum absolute atomic E-state index is 0.104. The fourth-order valence-electron chi connectivity index (χ4n) is 4.36. The molecule has 4 nitrogen and oxygen atoms in total. The van der Waals surface area contributed by atoms with E-state index in [9.17, 15) is 9.59 Å². The molecule has 2 aliphatic rings. The molecule has 0 atom stereocenters. The summed E-state index contributed by atoms with van der Waals surface area (Å²) in [6.45, 7) is 1.38. The molecule has 2 fully saturated rings. The summed E-state index contributed by atoms with van der Waals surface area (Å²) in [5.41, 5.74) is 0.634. The van der Waals surface area contributed by atoms with Gasteiger partial charge >= 0.3 is 5.97 Å². The Balaban J connectivity index is 1.83. The van der Waals surface area contributed by atoms with Gasteiger partial charge in [0.2, 0.25) is 0 Å².